The molecule has 28 heavy (non-hydrogen) atoms. The van der Waals surface area contributed by atoms with Crippen molar-refractivity contribution in [3.8, 4) is 6.07 Å². The van der Waals surface area contributed by atoms with Crippen LogP contribution < -0.4 is 10.6 Å². The van der Waals surface area contributed by atoms with Gasteiger partial charge in [0.1, 0.15) is 0 Å². The molecule has 6 nitrogen and oxygen atoms in total. The number of rotatable bonds is 7. The average molecular weight is 411 g/mol. The van der Waals surface area contributed by atoms with Gasteiger partial charge in [0.15, 0.2) is 5.13 Å². The minimum absolute atomic E-state index is 0.122. The fourth-order valence-electron chi connectivity index (χ4n) is 2.69. The maximum atomic E-state index is 12.3. The van der Waals surface area contributed by atoms with Gasteiger partial charge in [0.25, 0.3) is 0 Å². The van der Waals surface area contributed by atoms with Gasteiger partial charge in [-0.1, -0.05) is 65.6 Å². The summed E-state index contributed by atoms with van der Waals surface area (Å²) in [7, 11) is 0. The number of benzene rings is 2. The number of aryl methyl sites for hydroxylation is 1. The lowest BCUT2D eigenvalue weighted by Gasteiger charge is -2.08. The number of nitriles is 1. The second-order valence-corrected chi connectivity index (χ2v) is 8.22. The van der Waals surface area contributed by atoms with Gasteiger partial charge in [-0.2, -0.15) is 5.26 Å². The van der Waals surface area contributed by atoms with Crippen molar-refractivity contribution in [3.05, 3.63) is 53.7 Å². The largest absolute Gasteiger partial charge is 0.347 e. The molecule has 2 amide bonds. The lowest BCUT2D eigenvalue weighted by Crippen LogP contribution is -2.33. The molecule has 3 rings (SSSR count). The van der Waals surface area contributed by atoms with Crippen LogP contribution in [0.4, 0.5) is 5.13 Å². The molecular formula is C20H18N4O2S2. The predicted octanol–water partition coefficient (Wildman–Crippen LogP) is 3.52. The van der Waals surface area contributed by atoms with Crippen LogP contribution in [-0.4, -0.2) is 29.1 Å². The average Bonchev–Trinajstić information content (AvgIpc) is 3.04. The monoisotopic (exact) mass is 410 g/mol. The molecule has 2 N–H and O–H groups in total. The Bertz CT molecular complexity index is 1050. The maximum Gasteiger partial charge on any atom is 0.245 e. The van der Waals surface area contributed by atoms with Crippen LogP contribution in [0.15, 0.2) is 46.7 Å². The highest BCUT2D eigenvalue weighted by Crippen LogP contribution is 2.31. The Kier molecular flexibility index (Phi) is 6.63. The van der Waals surface area contributed by atoms with E-state index < -0.39 is 0 Å². The molecule has 0 unspecified atom stereocenters. The zero-order valence-electron chi connectivity index (χ0n) is 15.2. The first kappa shape index (κ1) is 19.9. The van der Waals surface area contributed by atoms with E-state index >= 15 is 0 Å². The maximum absolute atomic E-state index is 12.3. The highest BCUT2D eigenvalue weighted by Gasteiger charge is 2.12. The fourth-order valence-corrected chi connectivity index (χ4v) is 4.51. The minimum Gasteiger partial charge on any atom is -0.347 e. The summed E-state index contributed by atoms with van der Waals surface area (Å²) in [5.41, 5.74) is 1.70. The summed E-state index contributed by atoms with van der Waals surface area (Å²) in [6.07, 6.45) is 0.208. The van der Waals surface area contributed by atoms with Gasteiger partial charge in [-0.3, -0.25) is 9.59 Å². The first-order valence-electron chi connectivity index (χ1n) is 8.57. The number of hydrogen-bond donors (Lipinski definition) is 2. The lowest BCUT2D eigenvalue weighted by molar-refractivity contribution is -0.123. The summed E-state index contributed by atoms with van der Waals surface area (Å²) in [6, 6.07) is 15.8. The van der Waals surface area contributed by atoms with E-state index in [2.05, 4.69) is 21.7 Å². The van der Waals surface area contributed by atoms with Crippen LogP contribution in [0.5, 0.6) is 0 Å². The van der Waals surface area contributed by atoms with Crippen LogP contribution in [-0.2, 0) is 16.0 Å². The SMILES string of the molecule is Cc1nc(NC(=O)CNC(=O)Cc2cccc3ccccc23)sc1SCC#N. The predicted molar refractivity (Wildman–Crippen MR) is 112 cm³/mol. The quantitative estimate of drug-likeness (QED) is 0.581. The Hall–Kier alpha value is -2.89. The summed E-state index contributed by atoms with van der Waals surface area (Å²) in [4.78, 5) is 28.6. The number of thiazole rings is 1. The zero-order chi connectivity index (χ0) is 19.9. The third kappa shape index (κ3) is 5.09. The van der Waals surface area contributed by atoms with Gasteiger partial charge in [0, 0.05) is 0 Å². The van der Waals surface area contributed by atoms with E-state index in [1.165, 1.54) is 23.1 Å². The molecule has 0 atom stereocenters. The summed E-state index contributed by atoms with van der Waals surface area (Å²) in [6.45, 7) is 1.71. The Morgan fingerprint density at radius 2 is 1.96 bits per heavy atom. The number of hydrogen-bond acceptors (Lipinski definition) is 6. The molecule has 0 aliphatic heterocycles. The number of carbonyl (C=O) groups is 2. The minimum atomic E-state index is -0.336. The van der Waals surface area contributed by atoms with E-state index in [-0.39, 0.29) is 24.8 Å². The molecule has 0 aliphatic rings. The molecule has 8 heteroatoms. The van der Waals surface area contributed by atoms with Gasteiger partial charge < -0.3 is 10.6 Å². The van der Waals surface area contributed by atoms with Crippen molar-refractivity contribution in [2.45, 2.75) is 17.6 Å². The van der Waals surface area contributed by atoms with Gasteiger partial charge in [0.05, 0.1) is 34.7 Å². The Labute approximate surface area is 171 Å². The molecule has 0 fully saturated rings. The van der Waals surface area contributed by atoms with Crippen LogP contribution >= 0.6 is 23.1 Å². The van der Waals surface area contributed by atoms with Crippen molar-refractivity contribution >= 4 is 50.8 Å². The van der Waals surface area contributed by atoms with Crippen molar-refractivity contribution in [2.24, 2.45) is 0 Å². The van der Waals surface area contributed by atoms with E-state index in [1.807, 2.05) is 49.4 Å². The van der Waals surface area contributed by atoms with E-state index in [4.69, 9.17) is 5.26 Å². The van der Waals surface area contributed by atoms with Crippen molar-refractivity contribution in [2.75, 3.05) is 17.6 Å². The van der Waals surface area contributed by atoms with E-state index in [1.54, 1.807) is 0 Å². The van der Waals surface area contributed by atoms with Gasteiger partial charge in [-0.25, -0.2) is 4.98 Å². The molecule has 0 saturated heterocycles. The highest BCUT2D eigenvalue weighted by molar-refractivity contribution is 8.01. The summed E-state index contributed by atoms with van der Waals surface area (Å²) < 4.78 is 0.900. The molecule has 142 valence electrons. The highest BCUT2D eigenvalue weighted by atomic mass is 32.2. The van der Waals surface area contributed by atoms with Gasteiger partial charge >= 0.3 is 0 Å². The zero-order valence-corrected chi connectivity index (χ0v) is 16.8. The second kappa shape index (κ2) is 9.35. The second-order valence-electron chi connectivity index (χ2n) is 5.98. The van der Waals surface area contributed by atoms with Crippen LogP contribution in [0.2, 0.25) is 0 Å². The summed E-state index contributed by atoms with van der Waals surface area (Å²) in [5, 5.41) is 16.6. The smallest absolute Gasteiger partial charge is 0.245 e. The van der Waals surface area contributed by atoms with Crippen molar-refractivity contribution in [3.63, 3.8) is 0 Å². The number of fused-ring (bicyclic) bond motifs is 1. The first-order chi connectivity index (χ1) is 13.6. The third-order valence-corrected chi connectivity index (χ3v) is 6.25. The molecule has 2 aromatic carbocycles. The third-order valence-electron chi connectivity index (χ3n) is 3.95. The normalized spacial score (nSPS) is 10.4. The Balaban J connectivity index is 1.53. The molecule has 0 radical (unpaired) electrons. The summed E-state index contributed by atoms with van der Waals surface area (Å²) in [5.74, 6) is -0.218. The molecule has 1 aromatic heterocycles. The van der Waals surface area contributed by atoms with Gasteiger partial charge in [-0.15, -0.1) is 0 Å². The van der Waals surface area contributed by atoms with Crippen molar-refractivity contribution in [1.82, 2.24) is 10.3 Å². The molecular weight excluding hydrogens is 392 g/mol. The van der Waals surface area contributed by atoms with Crippen LogP contribution in [0, 0.1) is 18.3 Å². The van der Waals surface area contributed by atoms with Gasteiger partial charge in [-0.05, 0) is 23.3 Å². The number of nitrogens with one attached hydrogen (secondary N) is 2. The van der Waals surface area contributed by atoms with Crippen molar-refractivity contribution in [1.29, 1.82) is 5.26 Å². The topological polar surface area (TPSA) is 94.9 Å². The fraction of sp³-hybridized carbons (Fsp3) is 0.200. The van der Waals surface area contributed by atoms with E-state index in [0.717, 1.165) is 26.2 Å². The molecule has 0 bridgehead atoms. The molecule has 1 heterocycles. The van der Waals surface area contributed by atoms with Gasteiger partial charge in [0.2, 0.25) is 11.8 Å². The number of carbonyl (C=O) groups excluding carboxylic acids is 2. The molecule has 0 aliphatic carbocycles. The van der Waals surface area contributed by atoms with E-state index in [9.17, 15) is 9.59 Å². The van der Waals surface area contributed by atoms with Crippen LogP contribution in [0.3, 0.4) is 0 Å². The van der Waals surface area contributed by atoms with Crippen LogP contribution in [0.25, 0.3) is 10.8 Å². The number of thioether (sulfide) groups is 1. The lowest BCUT2D eigenvalue weighted by atomic mass is 10.0. The first-order valence-corrected chi connectivity index (χ1v) is 10.4. The van der Waals surface area contributed by atoms with E-state index in [0.29, 0.717) is 10.9 Å². The Morgan fingerprint density at radius 3 is 2.79 bits per heavy atom. The number of aromatic nitrogens is 1. The van der Waals surface area contributed by atoms with Crippen LogP contribution in [0.1, 0.15) is 11.3 Å². The number of nitrogens with zero attached hydrogens (tertiary/aromatic N) is 2. The molecule has 0 saturated carbocycles. The summed E-state index contributed by atoms with van der Waals surface area (Å²) >= 11 is 2.71. The standard InChI is InChI=1S/C20H18N4O2S2/c1-13-19(27-10-9-21)28-20(23-13)24-18(26)12-22-17(25)11-15-7-4-6-14-5-2-3-8-16(14)15/h2-8H,10-12H2,1H3,(H,22,25)(H,23,24,26). The van der Waals surface area contributed by atoms with Crippen molar-refractivity contribution < 1.29 is 9.59 Å². The number of anilines is 1. The molecule has 3 aromatic rings. The Morgan fingerprint density at radius 1 is 1.18 bits per heavy atom. The number of amides is 2. The molecule has 0 spiro atoms.